The maximum absolute atomic E-state index is 12.2. The van der Waals surface area contributed by atoms with Crippen molar-refractivity contribution in [2.75, 3.05) is 6.61 Å². The van der Waals surface area contributed by atoms with Crippen LogP contribution in [0.1, 0.15) is 17.4 Å². The molecule has 0 aliphatic rings. The molecule has 0 aliphatic carbocycles. The fourth-order valence-electron chi connectivity index (χ4n) is 2.18. The Balaban J connectivity index is 2.07. The van der Waals surface area contributed by atoms with Gasteiger partial charge >= 0.3 is 5.97 Å². The molecule has 1 N–H and O–H groups in total. The van der Waals surface area contributed by atoms with E-state index in [1.807, 2.05) is 24.3 Å². The summed E-state index contributed by atoms with van der Waals surface area (Å²) in [6.07, 6.45) is 0. The number of aromatic hydroxyl groups is 1. The van der Waals surface area contributed by atoms with Crippen LogP contribution in [0, 0.1) is 0 Å². The monoisotopic (exact) mass is 336 g/mol. The van der Waals surface area contributed by atoms with Crippen molar-refractivity contribution in [3.8, 4) is 11.6 Å². The summed E-state index contributed by atoms with van der Waals surface area (Å²) in [5, 5.41) is 22.7. The number of rotatable bonds is 5. The van der Waals surface area contributed by atoms with Gasteiger partial charge in [0.05, 0.1) is 18.0 Å². The Morgan fingerprint density at radius 3 is 2.36 bits per heavy atom. The summed E-state index contributed by atoms with van der Waals surface area (Å²) in [5.41, 5.74) is 1.05. The van der Waals surface area contributed by atoms with Crippen molar-refractivity contribution >= 4 is 17.3 Å². The molecule has 3 aromatic rings. The zero-order valence-electron chi connectivity index (χ0n) is 13.5. The number of ether oxygens (including phenoxy) is 1. The summed E-state index contributed by atoms with van der Waals surface area (Å²) in [6.45, 7) is 1.88. The van der Waals surface area contributed by atoms with E-state index in [-0.39, 0.29) is 23.9 Å². The van der Waals surface area contributed by atoms with E-state index in [1.54, 1.807) is 43.3 Å². The molecule has 0 spiro atoms. The second kappa shape index (κ2) is 7.39. The number of carbonyl (C=O) groups excluding carboxylic acids is 1. The van der Waals surface area contributed by atoms with E-state index in [1.165, 1.54) is 4.68 Å². The molecule has 7 nitrogen and oxygen atoms in total. The number of aromatic nitrogens is 2. The number of azo groups is 1. The molecule has 7 heteroatoms. The molecule has 0 atom stereocenters. The van der Waals surface area contributed by atoms with Crippen molar-refractivity contribution in [2.45, 2.75) is 6.92 Å². The maximum Gasteiger partial charge on any atom is 0.361 e. The first-order chi connectivity index (χ1) is 12.2. The Kier molecular flexibility index (Phi) is 4.84. The highest BCUT2D eigenvalue weighted by Crippen LogP contribution is 2.34. The molecule has 0 saturated heterocycles. The highest BCUT2D eigenvalue weighted by molar-refractivity contribution is 5.94. The van der Waals surface area contributed by atoms with Crippen molar-refractivity contribution in [1.82, 2.24) is 9.78 Å². The van der Waals surface area contributed by atoms with E-state index < -0.39 is 5.97 Å². The van der Waals surface area contributed by atoms with Crippen LogP contribution in [0.2, 0.25) is 0 Å². The molecule has 2 aromatic carbocycles. The van der Waals surface area contributed by atoms with Crippen LogP contribution in [0.15, 0.2) is 70.9 Å². The molecule has 0 fully saturated rings. The fourth-order valence-corrected chi connectivity index (χ4v) is 2.18. The average molecular weight is 336 g/mol. The lowest BCUT2D eigenvalue weighted by Crippen LogP contribution is -2.06. The second-order valence-corrected chi connectivity index (χ2v) is 5.02. The van der Waals surface area contributed by atoms with E-state index in [4.69, 9.17) is 4.74 Å². The molecule has 25 heavy (non-hydrogen) atoms. The highest BCUT2D eigenvalue weighted by atomic mass is 16.5. The van der Waals surface area contributed by atoms with Gasteiger partial charge in [-0.1, -0.05) is 36.4 Å². The Morgan fingerprint density at radius 1 is 1.08 bits per heavy atom. The van der Waals surface area contributed by atoms with Crippen molar-refractivity contribution in [1.29, 1.82) is 0 Å². The Bertz CT molecular complexity index is 889. The van der Waals surface area contributed by atoms with Crippen LogP contribution >= 0.6 is 0 Å². The lowest BCUT2D eigenvalue weighted by molar-refractivity contribution is 0.0520. The van der Waals surface area contributed by atoms with Gasteiger partial charge in [-0.05, 0) is 31.2 Å². The number of hydrogen-bond donors (Lipinski definition) is 1. The zero-order chi connectivity index (χ0) is 17.6. The molecular formula is C18H16N4O3. The van der Waals surface area contributed by atoms with E-state index in [9.17, 15) is 9.90 Å². The Morgan fingerprint density at radius 2 is 1.72 bits per heavy atom. The van der Waals surface area contributed by atoms with Crippen LogP contribution in [0.25, 0.3) is 5.69 Å². The minimum absolute atomic E-state index is 0.0360. The van der Waals surface area contributed by atoms with Gasteiger partial charge in [0.1, 0.15) is 0 Å². The predicted octanol–water partition coefficient (Wildman–Crippen LogP) is 4.17. The lowest BCUT2D eigenvalue weighted by Gasteiger charge is -2.01. The molecule has 1 aromatic heterocycles. The number of benzene rings is 2. The number of carbonyl (C=O) groups is 1. The van der Waals surface area contributed by atoms with Crippen LogP contribution in [-0.2, 0) is 4.74 Å². The number of para-hydroxylation sites is 1. The topological polar surface area (TPSA) is 89.1 Å². The number of esters is 1. The third kappa shape index (κ3) is 3.55. The molecule has 0 saturated carbocycles. The molecule has 0 radical (unpaired) electrons. The number of hydrogen-bond acceptors (Lipinski definition) is 6. The maximum atomic E-state index is 12.2. The standard InChI is InChI=1S/C18H16N4O3/c1-2-25-18(24)16-15(20-19-13-9-5-3-6-10-13)17(23)22(21-16)14-11-7-4-8-12-14/h3-12,23H,2H2,1H3. The fraction of sp³-hybridized carbons (Fsp3) is 0.111. The van der Waals surface area contributed by atoms with Gasteiger partial charge in [0.25, 0.3) is 0 Å². The first-order valence-electron chi connectivity index (χ1n) is 7.72. The third-order valence-electron chi connectivity index (χ3n) is 3.33. The Labute approximate surface area is 144 Å². The molecule has 0 bridgehead atoms. The summed E-state index contributed by atoms with van der Waals surface area (Å²) < 4.78 is 6.23. The van der Waals surface area contributed by atoms with E-state index in [0.717, 1.165) is 0 Å². The first-order valence-corrected chi connectivity index (χ1v) is 7.72. The molecule has 3 rings (SSSR count). The van der Waals surface area contributed by atoms with Gasteiger partial charge in [-0.15, -0.1) is 5.11 Å². The zero-order valence-corrected chi connectivity index (χ0v) is 13.5. The SMILES string of the molecule is CCOC(=O)c1nn(-c2ccccc2)c(O)c1N=Nc1ccccc1. The average Bonchev–Trinajstić information content (AvgIpc) is 2.98. The third-order valence-corrected chi connectivity index (χ3v) is 3.33. The van der Waals surface area contributed by atoms with Crippen LogP contribution < -0.4 is 0 Å². The van der Waals surface area contributed by atoms with E-state index in [0.29, 0.717) is 11.4 Å². The van der Waals surface area contributed by atoms with Crippen LogP contribution in [0.5, 0.6) is 5.88 Å². The quantitative estimate of drug-likeness (QED) is 0.559. The van der Waals surface area contributed by atoms with Crippen molar-refractivity contribution < 1.29 is 14.6 Å². The number of nitrogens with zero attached hydrogens (tertiary/aromatic N) is 4. The van der Waals surface area contributed by atoms with Crippen molar-refractivity contribution in [3.05, 3.63) is 66.4 Å². The first kappa shape index (κ1) is 16.4. The summed E-state index contributed by atoms with van der Waals surface area (Å²) in [5.74, 6) is -0.955. The van der Waals surface area contributed by atoms with E-state index >= 15 is 0 Å². The highest BCUT2D eigenvalue weighted by Gasteiger charge is 2.25. The second-order valence-electron chi connectivity index (χ2n) is 5.02. The molecule has 0 unspecified atom stereocenters. The molecule has 0 aliphatic heterocycles. The van der Waals surface area contributed by atoms with Gasteiger partial charge in [0.2, 0.25) is 11.6 Å². The molecular weight excluding hydrogens is 320 g/mol. The summed E-state index contributed by atoms with van der Waals surface area (Å²) in [6, 6.07) is 17.9. The van der Waals surface area contributed by atoms with Crippen LogP contribution in [0.3, 0.4) is 0 Å². The van der Waals surface area contributed by atoms with E-state index in [2.05, 4.69) is 15.3 Å². The molecule has 0 amide bonds. The largest absolute Gasteiger partial charge is 0.492 e. The molecule has 126 valence electrons. The smallest absolute Gasteiger partial charge is 0.361 e. The van der Waals surface area contributed by atoms with Gasteiger partial charge in [0, 0.05) is 0 Å². The van der Waals surface area contributed by atoms with Gasteiger partial charge in [-0.25, -0.2) is 4.79 Å². The van der Waals surface area contributed by atoms with Crippen molar-refractivity contribution in [2.24, 2.45) is 10.2 Å². The minimum Gasteiger partial charge on any atom is -0.492 e. The lowest BCUT2D eigenvalue weighted by atomic mass is 10.3. The summed E-state index contributed by atoms with van der Waals surface area (Å²) in [7, 11) is 0. The predicted molar refractivity (Wildman–Crippen MR) is 91.8 cm³/mol. The van der Waals surface area contributed by atoms with Gasteiger partial charge < -0.3 is 9.84 Å². The van der Waals surface area contributed by atoms with Gasteiger partial charge in [-0.2, -0.15) is 14.9 Å². The summed E-state index contributed by atoms with van der Waals surface area (Å²) in [4.78, 5) is 12.2. The normalized spacial score (nSPS) is 10.9. The van der Waals surface area contributed by atoms with Gasteiger partial charge in [-0.3, -0.25) is 0 Å². The molecule has 1 heterocycles. The van der Waals surface area contributed by atoms with Crippen LogP contribution in [0.4, 0.5) is 11.4 Å². The van der Waals surface area contributed by atoms with Crippen LogP contribution in [-0.4, -0.2) is 27.5 Å². The van der Waals surface area contributed by atoms with Gasteiger partial charge in [0.15, 0.2) is 5.69 Å². The summed E-state index contributed by atoms with van der Waals surface area (Å²) >= 11 is 0. The Hall–Kier alpha value is -3.48. The minimum atomic E-state index is -0.672. The van der Waals surface area contributed by atoms with Crippen molar-refractivity contribution in [3.63, 3.8) is 0 Å².